The lowest BCUT2D eigenvalue weighted by molar-refractivity contribution is 0.410. The van der Waals surface area contributed by atoms with Gasteiger partial charge < -0.3 is 4.52 Å². The second-order valence-corrected chi connectivity index (χ2v) is 6.54. The monoisotopic (exact) mass is 336 g/mol. The molecule has 6 heteroatoms. The lowest BCUT2D eigenvalue weighted by atomic mass is 10.2. The first-order valence-corrected chi connectivity index (χ1v) is 7.73. The Morgan fingerprint density at radius 1 is 1.29 bits per heavy atom. The molecule has 3 nitrogen and oxygen atoms in total. The third-order valence-corrected chi connectivity index (χ3v) is 4.20. The van der Waals surface area contributed by atoms with Crippen LogP contribution in [0.4, 0.5) is 0 Å². The fourth-order valence-corrected chi connectivity index (χ4v) is 3.05. The number of nitrogens with zero attached hydrogens (tertiary/aromatic N) is 2. The molecule has 0 amide bonds. The quantitative estimate of drug-likeness (QED) is 0.634. The van der Waals surface area contributed by atoms with Crippen molar-refractivity contribution in [1.82, 2.24) is 10.1 Å². The van der Waals surface area contributed by atoms with Gasteiger partial charge in [0.2, 0.25) is 5.82 Å². The number of hydrogen-bond donors (Lipinski definition) is 0. The van der Waals surface area contributed by atoms with E-state index in [1.54, 1.807) is 23.5 Å². The first-order valence-electron chi connectivity index (χ1n) is 6.15. The molecule has 0 aliphatic heterocycles. The zero-order valence-corrected chi connectivity index (χ0v) is 13.3. The van der Waals surface area contributed by atoms with Gasteiger partial charge in [0.25, 0.3) is 5.89 Å². The molecule has 2 aromatic heterocycles. The Balaban J connectivity index is 1.89. The lowest BCUT2D eigenvalue weighted by Crippen LogP contribution is -1.81. The van der Waals surface area contributed by atoms with E-state index in [4.69, 9.17) is 27.7 Å². The molecule has 0 radical (unpaired) electrons. The second kappa shape index (κ2) is 6.02. The number of aromatic nitrogens is 2. The van der Waals surface area contributed by atoms with Crippen LogP contribution in [0.25, 0.3) is 22.5 Å². The third kappa shape index (κ3) is 3.35. The highest BCUT2D eigenvalue weighted by atomic mass is 35.5. The Bertz CT molecular complexity index is 807. The highest BCUT2D eigenvalue weighted by Crippen LogP contribution is 2.27. The molecule has 0 unspecified atom stereocenters. The summed E-state index contributed by atoms with van der Waals surface area (Å²) in [7, 11) is 0. The lowest BCUT2D eigenvalue weighted by Gasteiger charge is -1.93. The average molecular weight is 337 g/mol. The zero-order chi connectivity index (χ0) is 14.8. The van der Waals surface area contributed by atoms with Crippen molar-refractivity contribution in [1.29, 1.82) is 0 Å². The normalized spacial score (nSPS) is 11.9. The standard InChI is InChI=1S/C15H10Cl2N2OS/c1-9-5-6-12(21-9)8-13(17)15-18-14(19-20-15)10-3-2-4-11(16)7-10/h2-8H,1H3/b13-8-. The molecular formula is C15H10Cl2N2OS. The van der Waals surface area contributed by atoms with Gasteiger partial charge in [0.15, 0.2) is 0 Å². The van der Waals surface area contributed by atoms with Crippen LogP contribution in [0.15, 0.2) is 40.9 Å². The molecule has 0 aliphatic carbocycles. The van der Waals surface area contributed by atoms with Crippen LogP contribution in [0.3, 0.4) is 0 Å². The third-order valence-electron chi connectivity index (χ3n) is 2.74. The number of benzene rings is 1. The molecule has 0 spiro atoms. The van der Waals surface area contributed by atoms with Gasteiger partial charge in [-0.1, -0.05) is 40.5 Å². The summed E-state index contributed by atoms with van der Waals surface area (Å²) in [4.78, 5) is 6.55. The predicted molar refractivity (Wildman–Crippen MR) is 87.5 cm³/mol. The molecule has 2 heterocycles. The van der Waals surface area contributed by atoms with Crippen molar-refractivity contribution in [2.75, 3.05) is 0 Å². The Hall–Kier alpha value is -1.62. The van der Waals surface area contributed by atoms with Crippen LogP contribution >= 0.6 is 34.5 Å². The van der Waals surface area contributed by atoms with E-state index in [2.05, 4.69) is 10.1 Å². The molecule has 0 atom stereocenters. The van der Waals surface area contributed by atoms with Gasteiger partial charge in [0.05, 0.1) is 0 Å². The molecule has 3 rings (SSSR count). The minimum atomic E-state index is 0.290. The Morgan fingerprint density at radius 3 is 2.86 bits per heavy atom. The summed E-state index contributed by atoms with van der Waals surface area (Å²) >= 11 is 13.8. The molecule has 106 valence electrons. The second-order valence-electron chi connectivity index (χ2n) is 4.37. The van der Waals surface area contributed by atoms with Gasteiger partial charge in [-0.25, -0.2) is 0 Å². The molecule has 0 fully saturated rings. The van der Waals surface area contributed by atoms with Gasteiger partial charge in [-0.15, -0.1) is 11.3 Å². The van der Waals surface area contributed by atoms with E-state index < -0.39 is 0 Å². The van der Waals surface area contributed by atoms with Crippen molar-refractivity contribution < 1.29 is 4.52 Å². The van der Waals surface area contributed by atoms with Crippen molar-refractivity contribution in [3.63, 3.8) is 0 Å². The van der Waals surface area contributed by atoms with Crippen molar-refractivity contribution in [3.05, 3.63) is 57.1 Å². The number of aryl methyl sites for hydroxylation is 1. The number of rotatable bonds is 3. The summed E-state index contributed by atoms with van der Waals surface area (Å²) in [6, 6.07) is 11.3. The van der Waals surface area contributed by atoms with Gasteiger partial charge >= 0.3 is 0 Å². The van der Waals surface area contributed by atoms with Gasteiger partial charge in [-0.3, -0.25) is 0 Å². The highest BCUT2D eigenvalue weighted by molar-refractivity contribution is 7.12. The van der Waals surface area contributed by atoms with Crippen LogP contribution in [0, 0.1) is 6.92 Å². The predicted octanol–water partition coefficient (Wildman–Crippen LogP) is 5.50. The van der Waals surface area contributed by atoms with E-state index in [1.165, 1.54) is 4.88 Å². The Kier molecular flexibility index (Phi) is 4.10. The minimum Gasteiger partial charge on any atom is -0.333 e. The average Bonchev–Trinajstić information content (AvgIpc) is 3.08. The fraction of sp³-hybridized carbons (Fsp3) is 0.0667. The zero-order valence-electron chi connectivity index (χ0n) is 11.0. The first-order chi connectivity index (χ1) is 10.1. The SMILES string of the molecule is Cc1ccc(/C=C(\Cl)c2nc(-c3cccc(Cl)c3)no2)s1. The molecule has 1 aromatic carbocycles. The summed E-state index contributed by atoms with van der Waals surface area (Å²) in [6.45, 7) is 2.04. The van der Waals surface area contributed by atoms with E-state index in [0.717, 1.165) is 10.4 Å². The Morgan fingerprint density at radius 2 is 2.14 bits per heavy atom. The molecule has 0 saturated heterocycles. The van der Waals surface area contributed by atoms with Crippen LogP contribution in [0.5, 0.6) is 0 Å². The maximum atomic E-state index is 6.23. The molecule has 0 N–H and O–H groups in total. The molecule has 0 bridgehead atoms. The topological polar surface area (TPSA) is 38.9 Å². The number of hydrogen-bond acceptors (Lipinski definition) is 4. The van der Waals surface area contributed by atoms with Crippen LogP contribution in [-0.4, -0.2) is 10.1 Å². The maximum Gasteiger partial charge on any atom is 0.269 e. The first kappa shape index (κ1) is 14.3. The summed E-state index contributed by atoms with van der Waals surface area (Å²) in [5, 5.41) is 4.96. The molecule has 0 aliphatic rings. The van der Waals surface area contributed by atoms with Gasteiger partial charge in [-0.2, -0.15) is 4.98 Å². The maximum absolute atomic E-state index is 6.23. The van der Waals surface area contributed by atoms with Gasteiger partial charge in [-0.05, 0) is 37.3 Å². The van der Waals surface area contributed by atoms with E-state index in [1.807, 2.05) is 37.3 Å². The smallest absolute Gasteiger partial charge is 0.269 e. The van der Waals surface area contributed by atoms with Crippen molar-refractivity contribution in [2.24, 2.45) is 0 Å². The molecular weight excluding hydrogens is 327 g/mol. The van der Waals surface area contributed by atoms with Gasteiger partial charge in [0, 0.05) is 20.3 Å². The van der Waals surface area contributed by atoms with E-state index in [-0.39, 0.29) is 5.89 Å². The van der Waals surface area contributed by atoms with Crippen molar-refractivity contribution >= 4 is 45.6 Å². The van der Waals surface area contributed by atoms with Crippen LogP contribution < -0.4 is 0 Å². The largest absolute Gasteiger partial charge is 0.333 e. The van der Waals surface area contributed by atoms with E-state index in [0.29, 0.717) is 15.9 Å². The van der Waals surface area contributed by atoms with Crippen LogP contribution in [0.2, 0.25) is 5.02 Å². The number of thiophene rings is 1. The van der Waals surface area contributed by atoms with Crippen molar-refractivity contribution in [2.45, 2.75) is 6.92 Å². The van der Waals surface area contributed by atoms with Crippen molar-refractivity contribution in [3.8, 4) is 11.4 Å². The summed E-state index contributed by atoms with van der Waals surface area (Å²) in [5.41, 5.74) is 0.786. The fourth-order valence-electron chi connectivity index (χ4n) is 1.78. The molecule has 0 saturated carbocycles. The molecule has 3 aromatic rings. The Labute approximate surface area is 135 Å². The summed E-state index contributed by atoms with van der Waals surface area (Å²) < 4.78 is 5.20. The van der Waals surface area contributed by atoms with E-state index >= 15 is 0 Å². The van der Waals surface area contributed by atoms with Crippen LogP contribution in [0.1, 0.15) is 15.6 Å². The molecule has 21 heavy (non-hydrogen) atoms. The number of halogens is 2. The summed E-state index contributed by atoms with van der Waals surface area (Å²) in [5.74, 6) is 0.749. The van der Waals surface area contributed by atoms with Gasteiger partial charge in [0.1, 0.15) is 5.03 Å². The summed E-state index contributed by atoms with van der Waals surface area (Å²) in [6.07, 6.45) is 1.81. The van der Waals surface area contributed by atoms with E-state index in [9.17, 15) is 0 Å². The highest BCUT2D eigenvalue weighted by Gasteiger charge is 2.12. The van der Waals surface area contributed by atoms with Crippen LogP contribution in [-0.2, 0) is 0 Å². The minimum absolute atomic E-state index is 0.290.